The molecule has 2 atom stereocenters. The normalized spacial score (nSPS) is 29.8. The van der Waals surface area contributed by atoms with Gasteiger partial charge in [0.05, 0.1) is 0 Å². The molecule has 1 aliphatic rings. The molecule has 1 heterocycles. The van der Waals surface area contributed by atoms with Crippen LogP contribution in [0.5, 0.6) is 0 Å². The molecule has 1 fully saturated rings. The second-order valence-corrected chi connectivity index (χ2v) is 4.19. The lowest BCUT2D eigenvalue weighted by atomic mass is 10.1. The van der Waals surface area contributed by atoms with Crippen LogP contribution in [-0.4, -0.2) is 23.5 Å². The fourth-order valence-electron chi connectivity index (χ4n) is 2.19. The first-order valence-electron chi connectivity index (χ1n) is 5.51. The molecule has 1 aliphatic heterocycles. The summed E-state index contributed by atoms with van der Waals surface area (Å²) in [7, 11) is 0. The van der Waals surface area contributed by atoms with Gasteiger partial charge in [-0.05, 0) is 39.7 Å². The summed E-state index contributed by atoms with van der Waals surface area (Å²) in [6.07, 6.45) is 6.99. The SMILES string of the molecule is CCC(C)N1CCCCCC1C. The Bertz CT molecular complexity index is 122. The maximum absolute atomic E-state index is 2.69. The van der Waals surface area contributed by atoms with Crippen LogP contribution in [0.25, 0.3) is 0 Å². The van der Waals surface area contributed by atoms with E-state index in [1.807, 2.05) is 0 Å². The van der Waals surface area contributed by atoms with E-state index in [0.29, 0.717) is 0 Å². The monoisotopic (exact) mass is 169 g/mol. The van der Waals surface area contributed by atoms with Crippen LogP contribution in [0.3, 0.4) is 0 Å². The second-order valence-electron chi connectivity index (χ2n) is 4.19. The van der Waals surface area contributed by atoms with Crippen LogP contribution < -0.4 is 0 Å². The highest BCUT2D eigenvalue weighted by atomic mass is 15.2. The summed E-state index contributed by atoms with van der Waals surface area (Å²) in [5.41, 5.74) is 0. The average molecular weight is 169 g/mol. The van der Waals surface area contributed by atoms with Gasteiger partial charge in [-0.25, -0.2) is 0 Å². The molecule has 1 nitrogen and oxygen atoms in total. The minimum absolute atomic E-state index is 0.790. The van der Waals surface area contributed by atoms with Gasteiger partial charge >= 0.3 is 0 Å². The molecule has 0 aliphatic carbocycles. The lowest BCUT2D eigenvalue weighted by molar-refractivity contribution is 0.154. The Morgan fingerprint density at radius 2 is 2.08 bits per heavy atom. The number of likely N-dealkylation sites (tertiary alicyclic amines) is 1. The van der Waals surface area contributed by atoms with Gasteiger partial charge in [0.1, 0.15) is 0 Å². The van der Waals surface area contributed by atoms with Crippen molar-refractivity contribution >= 4 is 0 Å². The van der Waals surface area contributed by atoms with E-state index in [9.17, 15) is 0 Å². The number of hydrogen-bond acceptors (Lipinski definition) is 1. The summed E-state index contributed by atoms with van der Waals surface area (Å²) in [6, 6.07) is 1.61. The second kappa shape index (κ2) is 4.86. The molecule has 1 rings (SSSR count). The lowest BCUT2D eigenvalue weighted by Gasteiger charge is -2.32. The van der Waals surface area contributed by atoms with Gasteiger partial charge in [-0.1, -0.05) is 19.8 Å². The van der Waals surface area contributed by atoms with E-state index in [-0.39, 0.29) is 0 Å². The van der Waals surface area contributed by atoms with Crippen molar-refractivity contribution in [2.45, 2.75) is 65.0 Å². The van der Waals surface area contributed by atoms with Crippen molar-refractivity contribution in [1.29, 1.82) is 0 Å². The van der Waals surface area contributed by atoms with Gasteiger partial charge in [-0.15, -0.1) is 0 Å². The molecule has 0 saturated carbocycles. The molecule has 72 valence electrons. The third-order valence-corrected chi connectivity index (χ3v) is 3.26. The van der Waals surface area contributed by atoms with Crippen molar-refractivity contribution in [3.05, 3.63) is 0 Å². The molecule has 0 radical (unpaired) electrons. The smallest absolute Gasteiger partial charge is 0.00697 e. The van der Waals surface area contributed by atoms with E-state index >= 15 is 0 Å². The van der Waals surface area contributed by atoms with E-state index < -0.39 is 0 Å². The number of rotatable bonds is 2. The summed E-state index contributed by atoms with van der Waals surface area (Å²) in [5.74, 6) is 0. The van der Waals surface area contributed by atoms with E-state index in [1.54, 1.807) is 0 Å². The highest BCUT2D eigenvalue weighted by molar-refractivity contribution is 4.75. The Morgan fingerprint density at radius 1 is 1.33 bits per heavy atom. The maximum Gasteiger partial charge on any atom is 0.00697 e. The van der Waals surface area contributed by atoms with Crippen LogP contribution in [0.2, 0.25) is 0 Å². The van der Waals surface area contributed by atoms with Crippen LogP contribution in [0.4, 0.5) is 0 Å². The van der Waals surface area contributed by atoms with Crippen molar-refractivity contribution in [3.8, 4) is 0 Å². The van der Waals surface area contributed by atoms with Crippen molar-refractivity contribution in [2.75, 3.05) is 6.54 Å². The van der Waals surface area contributed by atoms with Crippen LogP contribution in [0, 0.1) is 0 Å². The Labute approximate surface area is 77.1 Å². The quantitative estimate of drug-likeness (QED) is 0.614. The van der Waals surface area contributed by atoms with E-state index in [2.05, 4.69) is 25.7 Å². The molecular weight excluding hydrogens is 146 g/mol. The van der Waals surface area contributed by atoms with Gasteiger partial charge < -0.3 is 0 Å². The molecule has 0 spiro atoms. The summed E-state index contributed by atoms with van der Waals surface area (Å²) in [6.45, 7) is 8.37. The molecule has 0 aromatic heterocycles. The lowest BCUT2D eigenvalue weighted by Crippen LogP contribution is -2.39. The van der Waals surface area contributed by atoms with Gasteiger partial charge in [0.2, 0.25) is 0 Å². The molecule has 0 aromatic rings. The van der Waals surface area contributed by atoms with Crippen LogP contribution >= 0.6 is 0 Å². The highest BCUT2D eigenvalue weighted by Crippen LogP contribution is 2.19. The van der Waals surface area contributed by atoms with Gasteiger partial charge in [0, 0.05) is 12.1 Å². The van der Waals surface area contributed by atoms with Gasteiger partial charge in [0.25, 0.3) is 0 Å². The zero-order valence-electron chi connectivity index (χ0n) is 8.84. The fraction of sp³-hybridized carbons (Fsp3) is 1.00. The van der Waals surface area contributed by atoms with Crippen molar-refractivity contribution in [2.24, 2.45) is 0 Å². The first-order valence-corrected chi connectivity index (χ1v) is 5.51. The van der Waals surface area contributed by atoms with Crippen LogP contribution in [0.15, 0.2) is 0 Å². The van der Waals surface area contributed by atoms with E-state index in [4.69, 9.17) is 0 Å². The van der Waals surface area contributed by atoms with Crippen LogP contribution in [0.1, 0.15) is 52.9 Å². The molecule has 1 saturated heterocycles. The third-order valence-electron chi connectivity index (χ3n) is 3.26. The molecule has 0 bridgehead atoms. The fourth-order valence-corrected chi connectivity index (χ4v) is 2.19. The van der Waals surface area contributed by atoms with E-state index in [1.165, 1.54) is 38.6 Å². The Kier molecular flexibility index (Phi) is 4.07. The zero-order valence-corrected chi connectivity index (χ0v) is 8.84. The standard InChI is InChI=1S/C11H23N/c1-4-10(2)12-9-7-5-6-8-11(12)3/h10-11H,4-9H2,1-3H3. The molecule has 1 heteroatoms. The van der Waals surface area contributed by atoms with Gasteiger partial charge in [-0.3, -0.25) is 4.90 Å². The minimum Gasteiger partial charge on any atom is -0.298 e. The summed E-state index contributed by atoms with van der Waals surface area (Å²) in [5, 5.41) is 0. The molecule has 0 N–H and O–H groups in total. The summed E-state index contributed by atoms with van der Waals surface area (Å²) in [4.78, 5) is 2.69. The first-order chi connectivity index (χ1) is 5.75. The Hall–Kier alpha value is -0.0400. The van der Waals surface area contributed by atoms with Crippen molar-refractivity contribution in [1.82, 2.24) is 4.90 Å². The Morgan fingerprint density at radius 3 is 2.75 bits per heavy atom. The molecule has 0 amide bonds. The van der Waals surface area contributed by atoms with E-state index in [0.717, 1.165) is 12.1 Å². The number of nitrogens with zero attached hydrogens (tertiary/aromatic N) is 1. The molecule has 0 aromatic carbocycles. The largest absolute Gasteiger partial charge is 0.298 e. The average Bonchev–Trinajstić information content (AvgIpc) is 2.28. The van der Waals surface area contributed by atoms with Crippen molar-refractivity contribution < 1.29 is 0 Å². The van der Waals surface area contributed by atoms with Gasteiger partial charge in [-0.2, -0.15) is 0 Å². The van der Waals surface area contributed by atoms with Gasteiger partial charge in [0.15, 0.2) is 0 Å². The topological polar surface area (TPSA) is 3.24 Å². The predicted octanol–water partition coefficient (Wildman–Crippen LogP) is 3.05. The summed E-state index contributed by atoms with van der Waals surface area (Å²) < 4.78 is 0. The van der Waals surface area contributed by atoms with Crippen molar-refractivity contribution in [3.63, 3.8) is 0 Å². The first kappa shape index (κ1) is 10.0. The molecule has 2 unspecified atom stereocenters. The summed E-state index contributed by atoms with van der Waals surface area (Å²) >= 11 is 0. The highest BCUT2D eigenvalue weighted by Gasteiger charge is 2.20. The zero-order chi connectivity index (χ0) is 8.97. The number of hydrogen-bond donors (Lipinski definition) is 0. The molecule has 12 heavy (non-hydrogen) atoms. The molecular formula is C11H23N. The predicted molar refractivity (Wildman–Crippen MR) is 54.4 cm³/mol. The third kappa shape index (κ3) is 2.48. The maximum atomic E-state index is 2.69. The minimum atomic E-state index is 0.790. The van der Waals surface area contributed by atoms with Crippen LogP contribution in [-0.2, 0) is 0 Å². The Balaban J connectivity index is 2.46.